The molecular weight excluding hydrogens is 805 g/mol. The second kappa shape index (κ2) is 52.9. The smallest absolute Gasteiger partial charge is 0.306 e. The molecular formula is C59H98O6. The van der Waals surface area contributed by atoms with Crippen LogP contribution < -0.4 is 0 Å². The van der Waals surface area contributed by atoms with Crippen molar-refractivity contribution in [2.75, 3.05) is 13.2 Å². The Morgan fingerprint density at radius 2 is 0.615 bits per heavy atom. The summed E-state index contributed by atoms with van der Waals surface area (Å²) in [5, 5.41) is 0. The van der Waals surface area contributed by atoms with Crippen LogP contribution in [-0.2, 0) is 28.6 Å². The molecule has 0 bridgehead atoms. The van der Waals surface area contributed by atoms with Gasteiger partial charge in [-0.3, -0.25) is 14.4 Å². The molecule has 370 valence electrons. The van der Waals surface area contributed by atoms with E-state index in [1.807, 2.05) is 0 Å². The lowest BCUT2D eigenvalue weighted by atomic mass is 10.1. The Kier molecular flexibility index (Phi) is 50.0. The molecule has 0 aliphatic rings. The highest BCUT2D eigenvalue weighted by Crippen LogP contribution is 2.14. The summed E-state index contributed by atoms with van der Waals surface area (Å²) >= 11 is 0. The van der Waals surface area contributed by atoms with Crippen molar-refractivity contribution in [1.82, 2.24) is 0 Å². The molecule has 0 fully saturated rings. The van der Waals surface area contributed by atoms with Crippen molar-refractivity contribution >= 4 is 17.9 Å². The molecule has 0 heterocycles. The second-order valence-corrected chi connectivity index (χ2v) is 17.4. The quantitative estimate of drug-likeness (QED) is 0.0262. The summed E-state index contributed by atoms with van der Waals surface area (Å²) < 4.78 is 16.7. The van der Waals surface area contributed by atoms with Gasteiger partial charge in [0.2, 0.25) is 0 Å². The van der Waals surface area contributed by atoms with Crippen LogP contribution in [0.25, 0.3) is 0 Å². The summed E-state index contributed by atoms with van der Waals surface area (Å²) in [5.41, 5.74) is 0. The van der Waals surface area contributed by atoms with E-state index in [2.05, 4.69) is 118 Å². The van der Waals surface area contributed by atoms with E-state index < -0.39 is 6.10 Å². The maximum absolute atomic E-state index is 12.7. The highest BCUT2D eigenvalue weighted by molar-refractivity contribution is 5.71. The molecule has 0 rings (SSSR count). The van der Waals surface area contributed by atoms with Crippen LogP contribution in [0.1, 0.15) is 239 Å². The third-order valence-corrected chi connectivity index (χ3v) is 11.1. The van der Waals surface area contributed by atoms with Crippen LogP contribution in [0.15, 0.2) is 97.2 Å². The third-order valence-electron chi connectivity index (χ3n) is 11.1. The zero-order valence-corrected chi connectivity index (χ0v) is 42.2. The number of ether oxygens (including phenoxy) is 3. The molecule has 0 aromatic carbocycles. The molecule has 0 N–H and O–H groups in total. The fourth-order valence-electron chi connectivity index (χ4n) is 7.05. The molecule has 1 atom stereocenters. The topological polar surface area (TPSA) is 78.9 Å². The Morgan fingerprint density at radius 3 is 0.985 bits per heavy atom. The summed E-state index contributed by atoms with van der Waals surface area (Å²) in [6.45, 7) is 6.39. The molecule has 1 unspecified atom stereocenters. The predicted molar refractivity (Wildman–Crippen MR) is 279 cm³/mol. The SMILES string of the molecule is CC/C=C\C/C=C\C/C=C\C/C=C\C/C=C\C/C=C\CCCCCCCCCCC(=O)OCC(COC(=O)CCCCCCCC)OC(=O)CCCCCCC/C=C\C/C=C\CCCC. The molecule has 6 heteroatoms. The van der Waals surface area contributed by atoms with Crippen molar-refractivity contribution in [2.24, 2.45) is 0 Å². The molecule has 0 aliphatic carbocycles. The standard InChI is InChI=1S/C59H98O6/c1-4-7-10-13-16-18-20-22-24-25-26-27-28-29-30-31-32-33-34-35-36-38-39-41-43-46-49-52-58(61)64-55-56(54-63-57(60)51-48-45-15-12-9-6-3)65-59(62)53-50-47-44-42-40-37-23-21-19-17-14-11-8-5-2/h7,10,14,16-18,21-24,26-27,29-30,32-33,56H,4-6,8-9,11-13,15,19-20,25,28,31,34-55H2,1-3H3/b10-7-,17-14-,18-16-,23-21-,24-22-,27-26-,30-29-,33-32-. The second-order valence-electron chi connectivity index (χ2n) is 17.4. The Morgan fingerprint density at radius 1 is 0.323 bits per heavy atom. The summed E-state index contributed by atoms with van der Waals surface area (Å²) in [6, 6.07) is 0. The van der Waals surface area contributed by atoms with Crippen molar-refractivity contribution in [2.45, 2.75) is 245 Å². The van der Waals surface area contributed by atoms with Crippen molar-refractivity contribution in [3.05, 3.63) is 97.2 Å². The number of rotatable bonds is 47. The summed E-state index contributed by atoms with van der Waals surface area (Å²) in [4.78, 5) is 37.8. The van der Waals surface area contributed by atoms with Gasteiger partial charge in [0.05, 0.1) is 0 Å². The molecule has 65 heavy (non-hydrogen) atoms. The third kappa shape index (κ3) is 51.2. The highest BCUT2D eigenvalue weighted by atomic mass is 16.6. The van der Waals surface area contributed by atoms with Gasteiger partial charge in [-0.25, -0.2) is 0 Å². The molecule has 0 saturated carbocycles. The molecule has 0 spiro atoms. The van der Waals surface area contributed by atoms with E-state index in [0.29, 0.717) is 19.3 Å². The van der Waals surface area contributed by atoms with E-state index in [1.165, 1.54) is 70.6 Å². The first-order valence-electron chi connectivity index (χ1n) is 26.7. The Labute approximate surface area is 400 Å². The Hall–Kier alpha value is -3.67. The Balaban J connectivity index is 4.17. The summed E-state index contributed by atoms with van der Waals surface area (Å²) in [6.07, 6.45) is 69.9. The number of allylic oxidation sites excluding steroid dienone is 16. The lowest BCUT2D eigenvalue weighted by Gasteiger charge is -2.18. The average molecular weight is 903 g/mol. The monoisotopic (exact) mass is 903 g/mol. The molecule has 0 aliphatic heterocycles. The number of carbonyl (C=O) groups is 3. The lowest BCUT2D eigenvalue weighted by Crippen LogP contribution is -2.30. The van der Waals surface area contributed by atoms with Crippen LogP contribution in [0.3, 0.4) is 0 Å². The first-order chi connectivity index (χ1) is 32.0. The minimum atomic E-state index is -0.785. The summed E-state index contributed by atoms with van der Waals surface area (Å²) in [7, 11) is 0. The number of hydrogen-bond acceptors (Lipinski definition) is 6. The van der Waals surface area contributed by atoms with Gasteiger partial charge in [0.15, 0.2) is 6.10 Å². The number of esters is 3. The molecule has 0 aromatic rings. The van der Waals surface area contributed by atoms with Crippen molar-refractivity contribution in [3.8, 4) is 0 Å². The van der Waals surface area contributed by atoms with E-state index in [0.717, 1.165) is 128 Å². The van der Waals surface area contributed by atoms with E-state index >= 15 is 0 Å². The van der Waals surface area contributed by atoms with Gasteiger partial charge in [0.1, 0.15) is 13.2 Å². The number of carbonyl (C=O) groups excluding carboxylic acids is 3. The maximum Gasteiger partial charge on any atom is 0.306 e. The van der Waals surface area contributed by atoms with E-state index in [-0.39, 0.29) is 31.1 Å². The van der Waals surface area contributed by atoms with Gasteiger partial charge in [-0.05, 0) is 96.3 Å². The minimum absolute atomic E-state index is 0.0862. The van der Waals surface area contributed by atoms with E-state index in [4.69, 9.17) is 14.2 Å². The zero-order chi connectivity index (χ0) is 47.2. The molecule has 0 radical (unpaired) electrons. The van der Waals surface area contributed by atoms with Crippen LogP contribution in [0, 0.1) is 0 Å². The van der Waals surface area contributed by atoms with Gasteiger partial charge in [-0.2, -0.15) is 0 Å². The van der Waals surface area contributed by atoms with Gasteiger partial charge in [-0.1, -0.05) is 221 Å². The zero-order valence-electron chi connectivity index (χ0n) is 42.2. The van der Waals surface area contributed by atoms with Gasteiger partial charge in [0, 0.05) is 19.3 Å². The van der Waals surface area contributed by atoms with Gasteiger partial charge in [-0.15, -0.1) is 0 Å². The lowest BCUT2D eigenvalue weighted by molar-refractivity contribution is -0.167. The van der Waals surface area contributed by atoms with Gasteiger partial charge in [0.25, 0.3) is 0 Å². The van der Waals surface area contributed by atoms with Crippen LogP contribution >= 0.6 is 0 Å². The fraction of sp³-hybridized carbons (Fsp3) is 0.678. The van der Waals surface area contributed by atoms with Crippen molar-refractivity contribution < 1.29 is 28.6 Å². The Bertz CT molecular complexity index is 1310. The van der Waals surface area contributed by atoms with E-state index in [1.54, 1.807) is 0 Å². The van der Waals surface area contributed by atoms with Crippen LogP contribution in [-0.4, -0.2) is 37.2 Å². The van der Waals surface area contributed by atoms with Crippen LogP contribution in [0.5, 0.6) is 0 Å². The first kappa shape index (κ1) is 61.3. The molecule has 6 nitrogen and oxygen atoms in total. The van der Waals surface area contributed by atoms with Gasteiger partial charge < -0.3 is 14.2 Å². The normalized spacial score (nSPS) is 12.8. The molecule has 0 saturated heterocycles. The maximum atomic E-state index is 12.7. The average Bonchev–Trinajstić information content (AvgIpc) is 3.30. The first-order valence-corrected chi connectivity index (χ1v) is 26.7. The molecule has 0 amide bonds. The van der Waals surface area contributed by atoms with Crippen LogP contribution in [0.2, 0.25) is 0 Å². The molecule has 0 aromatic heterocycles. The fourth-order valence-corrected chi connectivity index (χ4v) is 7.05. The van der Waals surface area contributed by atoms with Gasteiger partial charge >= 0.3 is 17.9 Å². The van der Waals surface area contributed by atoms with Crippen LogP contribution in [0.4, 0.5) is 0 Å². The van der Waals surface area contributed by atoms with E-state index in [9.17, 15) is 14.4 Å². The summed E-state index contributed by atoms with van der Waals surface area (Å²) in [5.74, 6) is -0.921. The van der Waals surface area contributed by atoms with Crippen molar-refractivity contribution in [1.29, 1.82) is 0 Å². The highest BCUT2D eigenvalue weighted by Gasteiger charge is 2.19. The predicted octanol–water partition coefficient (Wildman–Crippen LogP) is 17.8. The van der Waals surface area contributed by atoms with Crippen molar-refractivity contribution in [3.63, 3.8) is 0 Å². The largest absolute Gasteiger partial charge is 0.462 e. The minimum Gasteiger partial charge on any atom is -0.462 e. The number of unbranched alkanes of at least 4 members (excludes halogenated alkanes) is 20. The number of hydrogen-bond donors (Lipinski definition) is 0.